The Labute approximate surface area is 104 Å². The quantitative estimate of drug-likeness (QED) is 0.797. The fourth-order valence-electron chi connectivity index (χ4n) is 1.89. The smallest absolute Gasteiger partial charge is 0.223 e. The van der Waals surface area contributed by atoms with Crippen molar-refractivity contribution >= 4 is 21.8 Å². The van der Waals surface area contributed by atoms with Crippen LogP contribution in [0.25, 0.3) is 0 Å². The number of allylic oxidation sites excluding steroid dienone is 2. The van der Waals surface area contributed by atoms with Crippen molar-refractivity contribution in [2.75, 3.05) is 19.6 Å². The topological polar surface area (TPSA) is 32.3 Å². The zero-order valence-corrected chi connectivity index (χ0v) is 10.9. The van der Waals surface area contributed by atoms with E-state index in [1.807, 2.05) is 6.20 Å². The molecule has 0 aromatic rings. The molecule has 86 valence electrons. The molecule has 0 aromatic heterocycles. The maximum Gasteiger partial charge on any atom is 0.223 e. The second-order valence-corrected chi connectivity index (χ2v) is 5.02. The van der Waals surface area contributed by atoms with Crippen molar-refractivity contribution in [2.24, 2.45) is 0 Å². The number of nitrogens with zero attached hydrogens (tertiary/aromatic N) is 1. The summed E-state index contributed by atoms with van der Waals surface area (Å²) >= 11 is 3.49. The standard InChI is InChI=1S/C12H15BrN2O/c1-9(16)15-7-11(6-12(13)8-15)10-2-4-14-5-3-10/h2,6-7,14H,3-5,8H2,1H3. The van der Waals surface area contributed by atoms with Crippen LogP contribution >= 0.6 is 15.9 Å². The molecule has 0 saturated heterocycles. The Morgan fingerprint density at radius 1 is 1.56 bits per heavy atom. The van der Waals surface area contributed by atoms with E-state index in [1.165, 1.54) is 5.57 Å². The largest absolute Gasteiger partial charge is 0.314 e. The van der Waals surface area contributed by atoms with Crippen LogP contribution in [0.1, 0.15) is 13.3 Å². The minimum atomic E-state index is 0.0806. The van der Waals surface area contributed by atoms with Crippen molar-refractivity contribution in [1.82, 2.24) is 10.2 Å². The molecule has 1 amide bonds. The lowest BCUT2D eigenvalue weighted by Gasteiger charge is -2.24. The van der Waals surface area contributed by atoms with Gasteiger partial charge < -0.3 is 10.2 Å². The minimum Gasteiger partial charge on any atom is -0.314 e. The molecule has 0 fully saturated rings. The van der Waals surface area contributed by atoms with Gasteiger partial charge in [0.1, 0.15) is 0 Å². The summed E-state index contributed by atoms with van der Waals surface area (Å²) in [5.41, 5.74) is 2.47. The molecule has 0 saturated carbocycles. The summed E-state index contributed by atoms with van der Waals surface area (Å²) in [5, 5.41) is 3.28. The van der Waals surface area contributed by atoms with E-state index in [-0.39, 0.29) is 5.91 Å². The van der Waals surface area contributed by atoms with E-state index < -0.39 is 0 Å². The SMILES string of the molecule is CC(=O)N1C=C(C2=CCNCC2)C=C(Br)C1. The van der Waals surface area contributed by atoms with Gasteiger partial charge in [-0.2, -0.15) is 0 Å². The van der Waals surface area contributed by atoms with Gasteiger partial charge in [0.25, 0.3) is 0 Å². The van der Waals surface area contributed by atoms with Crippen molar-refractivity contribution < 1.29 is 4.79 Å². The lowest BCUT2D eigenvalue weighted by atomic mass is 9.99. The Morgan fingerprint density at radius 2 is 2.38 bits per heavy atom. The number of hydrogen-bond donors (Lipinski definition) is 1. The van der Waals surface area contributed by atoms with Crippen LogP contribution in [-0.4, -0.2) is 30.4 Å². The number of hydrogen-bond acceptors (Lipinski definition) is 2. The first-order valence-electron chi connectivity index (χ1n) is 5.42. The first kappa shape index (κ1) is 11.6. The molecule has 0 radical (unpaired) electrons. The van der Waals surface area contributed by atoms with Crippen molar-refractivity contribution in [3.05, 3.63) is 34.0 Å². The van der Waals surface area contributed by atoms with Crippen LogP contribution in [0.3, 0.4) is 0 Å². The Kier molecular flexibility index (Phi) is 3.61. The van der Waals surface area contributed by atoms with E-state index >= 15 is 0 Å². The Morgan fingerprint density at radius 3 is 3.00 bits per heavy atom. The summed E-state index contributed by atoms with van der Waals surface area (Å²) in [6, 6.07) is 0. The van der Waals surface area contributed by atoms with E-state index in [9.17, 15) is 4.79 Å². The van der Waals surface area contributed by atoms with Gasteiger partial charge in [0.15, 0.2) is 0 Å². The highest BCUT2D eigenvalue weighted by Crippen LogP contribution is 2.25. The van der Waals surface area contributed by atoms with Crippen molar-refractivity contribution in [3.63, 3.8) is 0 Å². The van der Waals surface area contributed by atoms with Crippen LogP contribution in [-0.2, 0) is 4.79 Å². The van der Waals surface area contributed by atoms with E-state index in [0.717, 1.165) is 29.6 Å². The normalized spacial score (nSPS) is 21.1. The van der Waals surface area contributed by atoms with E-state index in [1.54, 1.807) is 11.8 Å². The highest BCUT2D eigenvalue weighted by atomic mass is 79.9. The highest BCUT2D eigenvalue weighted by Gasteiger charge is 2.16. The molecule has 16 heavy (non-hydrogen) atoms. The number of rotatable bonds is 1. The van der Waals surface area contributed by atoms with Gasteiger partial charge in [0.2, 0.25) is 5.91 Å². The zero-order valence-electron chi connectivity index (χ0n) is 9.29. The van der Waals surface area contributed by atoms with Gasteiger partial charge in [0, 0.05) is 24.2 Å². The average molecular weight is 283 g/mol. The molecule has 2 aliphatic heterocycles. The predicted molar refractivity (Wildman–Crippen MR) is 68.0 cm³/mol. The van der Waals surface area contributed by atoms with Crippen molar-refractivity contribution in [2.45, 2.75) is 13.3 Å². The number of nitrogens with one attached hydrogen (secondary N) is 1. The Bertz CT molecular complexity index is 396. The molecule has 0 bridgehead atoms. The highest BCUT2D eigenvalue weighted by molar-refractivity contribution is 9.11. The average Bonchev–Trinajstić information content (AvgIpc) is 2.29. The van der Waals surface area contributed by atoms with Crippen LogP contribution in [0.5, 0.6) is 0 Å². The summed E-state index contributed by atoms with van der Waals surface area (Å²) in [6.45, 7) is 4.16. The molecule has 3 nitrogen and oxygen atoms in total. The molecule has 0 spiro atoms. The summed E-state index contributed by atoms with van der Waals surface area (Å²) in [5.74, 6) is 0.0806. The second-order valence-electron chi connectivity index (χ2n) is 4.01. The van der Waals surface area contributed by atoms with Crippen LogP contribution in [0.2, 0.25) is 0 Å². The molecule has 0 aromatic carbocycles. The van der Waals surface area contributed by atoms with E-state index in [4.69, 9.17) is 0 Å². The number of amides is 1. The molecule has 0 aliphatic carbocycles. The molecule has 4 heteroatoms. The van der Waals surface area contributed by atoms with Crippen LogP contribution in [0, 0.1) is 0 Å². The zero-order chi connectivity index (χ0) is 11.5. The second kappa shape index (κ2) is 4.97. The monoisotopic (exact) mass is 282 g/mol. The van der Waals surface area contributed by atoms with Crippen molar-refractivity contribution in [1.29, 1.82) is 0 Å². The summed E-state index contributed by atoms with van der Waals surface area (Å²) in [6.07, 6.45) is 7.27. The Balaban J connectivity index is 2.24. The molecule has 2 heterocycles. The third-order valence-corrected chi connectivity index (χ3v) is 3.25. The van der Waals surface area contributed by atoms with Gasteiger partial charge in [-0.1, -0.05) is 22.0 Å². The van der Waals surface area contributed by atoms with Gasteiger partial charge >= 0.3 is 0 Å². The number of carbonyl (C=O) groups is 1. The summed E-state index contributed by atoms with van der Waals surface area (Å²) in [4.78, 5) is 13.1. The molecular weight excluding hydrogens is 268 g/mol. The maximum absolute atomic E-state index is 11.4. The Hall–Kier alpha value is -0.870. The van der Waals surface area contributed by atoms with E-state index in [0.29, 0.717) is 6.54 Å². The predicted octanol–water partition coefficient (Wildman–Crippen LogP) is 1.93. The first-order chi connectivity index (χ1) is 7.66. The lowest BCUT2D eigenvalue weighted by Crippen LogP contribution is -2.28. The molecular formula is C12H15BrN2O. The van der Waals surface area contributed by atoms with Crippen molar-refractivity contribution in [3.8, 4) is 0 Å². The third kappa shape index (κ3) is 2.62. The van der Waals surface area contributed by atoms with Gasteiger partial charge in [0.05, 0.1) is 6.54 Å². The number of halogens is 1. The van der Waals surface area contributed by atoms with Crippen LogP contribution in [0.15, 0.2) is 34.0 Å². The van der Waals surface area contributed by atoms with Gasteiger partial charge in [-0.15, -0.1) is 0 Å². The van der Waals surface area contributed by atoms with Gasteiger partial charge in [-0.05, 0) is 30.2 Å². The van der Waals surface area contributed by atoms with Crippen LogP contribution in [0.4, 0.5) is 0 Å². The lowest BCUT2D eigenvalue weighted by molar-refractivity contribution is -0.125. The molecule has 0 unspecified atom stereocenters. The fraction of sp³-hybridized carbons (Fsp3) is 0.417. The summed E-state index contributed by atoms with van der Waals surface area (Å²) < 4.78 is 1.06. The molecule has 0 atom stereocenters. The fourth-order valence-corrected chi connectivity index (χ4v) is 2.41. The van der Waals surface area contributed by atoms with E-state index in [2.05, 4.69) is 33.4 Å². The molecule has 2 rings (SSSR count). The molecule has 1 N–H and O–H groups in total. The van der Waals surface area contributed by atoms with Gasteiger partial charge in [-0.25, -0.2) is 0 Å². The summed E-state index contributed by atoms with van der Waals surface area (Å²) in [7, 11) is 0. The first-order valence-corrected chi connectivity index (χ1v) is 6.21. The molecule has 2 aliphatic rings. The third-order valence-electron chi connectivity index (χ3n) is 2.77. The van der Waals surface area contributed by atoms with Gasteiger partial charge in [-0.3, -0.25) is 4.79 Å². The number of carbonyl (C=O) groups excluding carboxylic acids is 1. The van der Waals surface area contributed by atoms with Crippen LogP contribution < -0.4 is 5.32 Å². The minimum absolute atomic E-state index is 0.0806. The maximum atomic E-state index is 11.4.